The van der Waals surface area contributed by atoms with Gasteiger partial charge in [0, 0.05) is 23.1 Å². The van der Waals surface area contributed by atoms with Crippen LogP contribution in [0.1, 0.15) is 80.7 Å². The molecule has 39 heavy (non-hydrogen) atoms. The summed E-state index contributed by atoms with van der Waals surface area (Å²) in [6.07, 6.45) is 13.7. The van der Waals surface area contributed by atoms with E-state index in [0.717, 1.165) is 61.0 Å². The molecule has 2 aliphatic heterocycles. The first-order valence-corrected chi connectivity index (χ1v) is 13.9. The van der Waals surface area contributed by atoms with Crippen LogP contribution in [0.15, 0.2) is 47.3 Å². The molecule has 0 unspecified atom stereocenters. The number of carbonyl (C=O) groups is 1. The highest BCUT2D eigenvalue weighted by Crippen LogP contribution is 2.55. The van der Waals surface area contributed by atoms with Crippen LogP contribution in [0.4, 0.5) is 0 Å². The van der Waals surface area contributed by atoms with Gasteiger partial charge >= 0.3 is 5.97 Å². The highest BCUT2D eigenvalue weighted by atomic mass is 35.5. The highest BCUT2D eigenvalue weighted by Gasteiger charge is 2.49. The normalized spacial score (nSPS) is 24.8. The van der Waals surface area contributed by atoms with Gasteiger partial charge in [-0.15, -0.1) is 0 Å². The zero-order valence-electron chi connectivity index (χ0n) is 22.5. The third kappa shape index (κ3) is 4.45. The third-order valence-corrected chi connectivity index (χ3v) is 9.27. The maximum absolute atomic E-state index is 11.7. The van der Waals surface area contributed by atoms with Gasteiger partial charge < -0.3 is 19.1 Å². The van der Waals surface area contributed by atoms with Crippen molar-refractivity contribution in [1.29, 1.82) is 0 Å². The molecule has 2 saturated carbocycles. The zero-order valence-corrected chi connectivity index (χ0v) is 23.3. The Balaban J connectivity index is 1.25. The van der Waals surface area contributed by atoms with Crippen LogP contribution in [0.3, 0.4) is 0 Å². The second kappa shape index (κ2) is 9.49. The molecule has 2 saturated heterocycles. The number of hydrogen-bond acceptors (Lipinski definition) is 6. The molecule has 7 nitrogen and oxygen atoms in total. The summed E-state index contributed by atoms with van der Waals surface area (Å²) >= 11 is 6.56. The molecule has 4 fully saturated rings. The lowest BCUT2D eigenvalue weighted by molar-refractivity contribution is -0.173. The van der Waals surface area contributed by atoms with Crippen molar-refractivity contribution >= 4 is 23.6 Å². The van der Waals surface area contributed by atoms with E-state index in [1.54, 1.807) is 33.4 Å². The van der Waals surface area contributed by atoms with E-state index in [1.807, 2.05) is 24.3 Å². The van der Waals surface area contributed by atoms with Crippen molar-refractivity contribution in [3.63, 3.8) is 0 Å². The van der Waals surface area contributed by atoms with Crippen molar-refractivity contribution in [1.82, 2.24) is 10.1 Å². The van der Waals surface area contributed by atoms with Crippen LogP contribution >= 0.6 is 11.6 Å². The lowest BCUT2D eigenvalue weighted by Crippen LogP contribution is -2.48. The molecule has 0 amide bonds. The van der Waals surface area contributed by atoms with E-state index in [2.05, 4.69) is 22.3 Å². The van der Waals surface area contributed by atoms with Gasteiger partial charge in [0.25, 0.3) is 0 Å². The Hall–Kier alpha value is -3.16. The Morgan fingerprint density at radius 3 is 2.46 bits per heavy atom. The first-order chi connectivity index (χ1) is 18.7. The average Bonchev–Trinajstić information content (AvgIpc) is 3.72. The van der Waals surface area contributed by atoms with E-state index in [4.69, 9.17) is 25.6 Å². The Morgan fingerprint density at radius 2 is 1.87 bits per heavy atom. The van der Waals surface area contributed by atoms with Crippen molar-refractivity contribution in [2.24, 2.45) is 5.41 Å². The van der Waals surface area contributed by atoms with E-state index in [9.17, 15) is 9.90 Å². The van der Waals surface area contributed by atoms with Crippen molar-refractivity contribution in [3.8, 4) is 17.0 Å². The zero-order chi connectivity index (χ0) is 27.4. The SMILES string of the molecule is COc1cncc(Cl)c1-c1noc(C2CC2)c1C=CC12CCC(c3ccc(C(C)(C)C(=O)O)cc3)(CC1)OC2. The van der Waals surface area contributed by atoms with Crippen LogP contribution in [0.2, 0.25) is 5.02 Å². The number of fused-ring (bicyclic) bond motifs is 3. The standard InChI is InChI=1S/C31H33ClN2O5/c1-29(2,28(35)36)20-6-8-21(9-7-20)31-14-12-30(13-15-31,18-38-31)11-10-22-26(34-39-27(22)19-4-5-19)25-23(32)16-33-17-24(25)37-3/h6-11,16-17,19H,4-5,12-15,18H2,1-3H3,(H,35,36). The van der Waals surface area contributed by atoms with E-state index in [0.29, 0.717) is 34.6 Å². The number of halogens is 1. The molecule has 2 bridgehead atoms. The number of pyridine rings is 1. The van der Waals surface area contributed by atoms with Gasteiger partial charge in [-0.1, -0.05) is 53.2 Å². The van der Waals surface area contributed by atoms with Gasteiger partial charge in [0.15, 0.2) is 0 Å². The number of methoxy groups -OCH3 is 1. The fourth-order valence-electron chi connectivity index (χ4n) is 5.98. The number of ether oxygens (including phenoxy) is 2. The first kappa shape index (κ1) is 26.1. The van der Waals surface area contributed by atoms with Crippen LogP contribution < -0.4 is 4.74 Å². The summed E-state index contributed by atoms with van der Waals surface area (Å²) in [6, 6.07) is 7.96. The van der Waals surface area contributed by atoms with Crippen LogP contribution in [0.5, 0.6) is 5.75 Å². The largest absolute Gasteiger partial charge is 0.494 e. The number of carboxylic acid groups (broad SMARTS) is 1. The summed E-state index contributed by atoms with van der Waals surface area (Å²) in [6.45, 7) is 4.09. The molecule has 2 aromatic heterocycles. The lowest BCUT2D eigenvalue weighted by Gasteiger charge is -2.52. The van der Waals surface area contributed by atoms with E-state index in [1.165, 1.54) is 0 Å². The Kier molecular flexibility index (Phi) is 6.35. The van der Waals surface area contributed by atoms with E-state index in [-0.39, 0.29) is 11.0 Å². The monoisotopic (exact) mass is 548 g/mol. The number of aromatic nitrogens is 2. The maximum Gasteiger partial charge on any atom is 0.313 e. The minimum absolute atomic E-state index is 0.0610. The van der Waals surface area contributed by atoms with Crippen LogP contribution in [-0.4, -0.2) is 34.9 Å². The van der Waals surface area contributed by atoms with Gasteiger partial charge in [-0.05, 0) is 63.5 Å². The maximum atomic E-state index is 11.7. The summed E-state index contributed by atoms with van der Waals surface area (Å²) in [5.74, 6) is 1.01. The fraction of sp³-hybridized carbons (Fsp3) is 0.452. The molecule has 2 aliphatic carbocycles. The molecule has 7 rings (SSSR count). The Labute approximate surface area is 233 Å². The molecule has 0 spiro atoms. The number of rotatable bonds is 8. The smallest absolute Gasteiger partial charge is 0.313 e. The second-order valence-corrected chi connectivity index (χ2v) is 12.2. The predicted octanol–water partition coefficient (Wildman–Crippen LogP) is 7.14. The van der Waals surface area contributed by atoms with Gasteiger partial charge in [0.05, 0.1) is 41.5 Å². The summed E-state index contributed by atoms with van der Waals surface area (Å²) in [4.78, 5) is 15.8. The second-order valence-electron chi connectivity index (χ2n) is 11.8. The molecule has 0 radical (unpaired) electrons. The summed E-state index contributed by atoms with van der Waals surface area (Å²) in [5, 5.41) is 14.5. The van der Waals surface area contributed by atoms with Crippen molar-refractivity contribution in [2.75, 3.05) is 13.7 Å². The molecule has 4 heterocycles. The van der Waals surface area contributed by atoms with Gasteiger partial charge in [-0.25, -0.2) is 0 Å². The number of aliphatic carboxylic acids is 1. The molecule has 1 N–H and O–H groups in total. The lowest BCUT2D eigenvalue weighted by atomic mass is 9.64. The van der Waals surface area contributed by atoms with Crippen LogP contribution in [0.25, 0.3) is 17.3 Å². The number of carboxylic acids is 1. The minimum Gasteiger partial charge on any atom is -0.494 e. The first-order valence-electron chi connectivity index (χ1n) is 13.5. The molecule has 8 heteroatoms. The number of benzene rings is 1. The third-order valence-electron chi connectivity index (χ3n) is 8.99. The molecule has 204 valence electrons. The Morgan fingerprint density at radius 1 is 1.15 bits per heavy atom. The molecule has 0 atom stereocenters. The fourth-order valence-corrected chi connectivity index (χ4v) is 6.22. The highest BCUT2D eigenvalue weighted by molar-refractivity contribution is 6.33. The van der Waals surface area contributed by atoms with Crippen molar-refractivity contribution in [2.45, 2.75) is 69.3 Å². The summed E-state index contributed by atoms with van der Waals surface area (Å²) in [5.41, 5.74) is 2.94. The van der Waals surface area contributed by atoms with Crippen LogP contribution in [0, 0.1) is 5.41 Å². The molecular formula is C31H33ClN2O5. The van der Waals surface area contributed by atoms with Crippen LogP contribution in [-0.2, 0) is 20.5 Å². The van der Waals surface area contributed by atoms with Gasteiger partial charge in [-0.3, -0.25) is 9.78 Å². The average molecular weight is 549 g/mol. The summed E-state index contributed by atoms with van der Waals surface area (Å²) < 4.78 is 18.0. The molecule has 3 aromatic rings. The van der Waals surface area contributed by atoms with Crippen molar-refractivity contribution < 1.29 is 23.9 Å². The number of hydrogen-bond donors (Lipinski definition) is 1. The van der Waals surface area contributed by atoms with Gasteiger partial charge in [0.2, 0.25) is 0 Å². The number of nitrogens with zero attached hydrogens (tertiary/aromatic N) is 2. The van der Waals surface area contributed by atoms with E-state index >= 15 is 0 Å². The minimum atomic E-state index is -0.930. The molecule has 1 aromatic carbocycles. The van der Waals surface area contributed by atoms with Gasteiger partial charge in [-0.2, -0.15) is 0 Å². The van der Waals surface area contributed by atoms with Gasteiger partial charge in [0.1, 0.15) is 17.2 Å². The quantitative estimate of drug-likeness (QED) is 0.319. The predicted molar refractivity (Wildman–Crippen MR) is 148 cm³/mol. The molecular weight excluding hydrogens is 516 g/mol. The molecule has 4 aliphatic rings. The summed E-state index contributed by atoms with van der Waals surface area (Å²) in [7, 11) is 1.60. The Bertz CT molecular complexity index is 1410. The topological polar surface area (TPSA) is 94.7 Å². The van der Waals surface area contributed by atoms with Crippen molar-refractivity contribution in [3.05, 3.63) is 70.2 Å². The van der Waals surface area contributed by atoms with E-state index < -0.39 is 11.4 Å².